The minimum absolute atomic E-state index is 0. The molecule has 0 fully saturated rings. The highest BCUT2D eigenvalue weighted by atomic mass is 31.1. The average Bonchev–Trinajstić information content (AvgIpc) is 1.90. The van der Waals surface area contributed by atoms with E-state index < -0.39 is 0 Å². The van der Waals surface area contributed by atoms with Crippen molar-refractivity contribution in [2.24, 2.45) is 0 Å². The van der Waals surface area contributed by atoms with E-state index in [0.29, 0.717) is 0 Å². The summed E-state index contributed by atoms with van der Waals surface area (Å²) in [5.41, 5.74) is 0. The number of rotatable bonds is 1. The third kappa shape index (κ3) is 2.36. The van der Waals surface area contributed by atoms with Crippen LogP contribution in [0.4, 0.5) is 0 Å². The van der Waals surface area contributed by atoms with Crippen LogP contribution in [0.3, 0.4) is 0 Å². The predicted octanol–water partition coefficient (Wildman–Crippen LogP) is 0.511. The molecular weight excluding hydrogens is 135 g/mol. The van der Waals surface area contributed by atoms with Crippen molar-refractivity contribution in [2.45, 2.75) is 0 Å². The highest BCUT2D eigenvalue weighted by molar-refractivity contribution is 7.34. The zero-order chi connectivity index (χ0) is 5.82. The first-order valence-electron chi connectivity index (χ1n) is 2.36. The Labute approximate surface area is 55.0 Å². The first-order valence-corrected chi connectivity index (χ1v) is 3.27. The maximum absolute atomic E-state index is 10.2. The van der Waals surface area contributed by atoms with Crippen LogP contribution in [-0.4, -0.2) is 5.48 Å². The van der Waals surface area contributed by atoms with Crippen LogP contribution >= 0.6 is 8.46 Å². The predicted molar refractivity (Wildman–Crippen MR) is 38.7 cm³/mol. The molecule has 1 unspecified atom stereocenters. The van der Waals surface area contributed by atoms with E-state index in [-0.39, 0.29) is 13.9 Å². The van der Waals surface area contributed by atoms with Gasteiger partial charge in [0.1, 0.15) is 0 Å². The minimum Gasteiger partial charge on any atom is -0.412 e. The molecule has 0 heterocycles. The van der Waals surface area contributed by atoms with Crippen LogP contribution in [0.15, 0.2) is 30.3 Å². The summed E-state index contributed by atoms with van der Waals surface area (Å²) in [6.07, 6.45) is 0. The lowest BCUT2D eigenvalue weighted by Gasteiger charge is -1.74. The van der Waals surface area contributed by atoms with Crippen molar-refractivity contribution in [3.63, 3.8) is 0 Å². The maximum atomic E-state index is 10.2. The van der Waals surface area contributed by atoms with E-state index in [9.17, 15) is 4.57 Å². The summed E-state index contributed by atoms with van der Waals surface area (Å²) in [6, 6.07) is 9.33. The van der Waals surface area contributed by atoms with Crippen LogP contribution in [0.5, 0.6) is 0 Å². The lowest BCUT2D eigenvalue weighted by molar-refractivity contribution is 0.603. The third-order valence-corrected chi connectivity index (χ3v) is 1.46. The van der Waals surface area contributed by atoms with Gasteiger partial charge in [-0.05, 0) is 12.1 Å². The van der Waals surface area contributed by atoms with Gasteiger partial charge >= 0.3 is 8.46 Å². The molecule has 0 aliphatic rings. The smallest absolute Gasteiger partial charge is 0.363 e. The Morgan fingerprint density at radius 3 is 2.00 bits per heavy atom. The Kier molecular flexibility index (Phi) is 3.85. The van der Waals surface area contributed by atoms with Crippen molar-refractivity contribution >= 4 is 13.8 Å². The van der Waals surface area contributed by atoms with Gasteiger partial charge in [0.15, 0.2) is 5.30 Å². The van der Waals surface area contributed by atoms with E-state index in [1.165, 1.54) is 0 Å². The van der Waals surface area contributed by atoms with E-state index in [2.05, 4.69) is 0 Å². The van der Waals surface area contributed by atoms with Crippen molar-refractivity contribution in [1.82, 2.24) is 0 Å². The molecule has 0 bridgehead atoms. The molecule has 0 aliphatic carbocycles. The minimum atomic E-state index is -0.320. The first kappa shape index (κ1) is 8.28. The van der Waals surface area contributed by atoms with Gasteiger partial charge in [-0.15, -0.1) is 0 Å². The second kappa shape index (κ2) is 4.19. The highest BCUT2D eigenvalue weighted by Gasteiger charge is 1.91. The van der Waals surface area contributed by atoms with Gasteiger partial charge in [0, 0.05) is 0 Å². The van der Waals surface area contributed by atoms with Gasteiger partial charge in [-0.25, -0.2) is 0 Å². The topological polar surface area (TPSA) is 48.6 Å². The molecule has 1 aromatic carbocycles. The lowest BCUT2D eigenvalue weighted by atomic mass is 10.4. The Hall–Kier alpha value is -0.720. The van der Waals surface area contributed by atoms with Crippen LogP contribution < -0.4 is 5.30 Å². The molecule has 0 radical (unpaired) electrons. The van der Waals surface area contributed by atoms with Gasteiger partial charge in [0.05, 0.1) is 0 Å². The Bertz CT molecular complexity index is 174. The Balaban J connectivity index is 0.000000640. The van der Waals surface area contributed by atoms with Gasteiger partial charge in [-0.1, -0.05) is 22.8 Å². The van der Waals surface area contributed by atoms with Gasteiger partial charge in [-0.3, -0.25) is 0 Å². The molecule has 9 heavy (non-hydrogen) atoms. The third-order valence-electron chi connectivity index (χ3n) is 0.892. The second-order valence-corrected chi connectivity index (χ2v) is 2.25. The van der Waals surface area contributed by atoms with Gasteiger partial charge in [-0.2, -0.15) is 0 Å². The van der Waals surface area contributed by atoms with Crippen molar-refractivity contribution in [2.75, 3.05) is 0 Å². The second-order valence-electron chi connectivity index (χ2n) is 1.47. The molecule has 1 rings (SSSR count). The number of hydrogen-bond donors (Lipinski definition) is 0. The van der Waals surface area contributed by atoms with Crippen LogP contribution in [0, 0.1) is 0 Å². The Morgan fingerprint density at radius 1 is 1.11 bits per heavy atom. The molecule has 1 atom stereocenters. The first-order chi connectivity index (χ1) is 3.93. The highest BCUT2D eigenvalue weighted by Crippen LogP contribution is 1.92. The molecule has 0 aliphatic heterocycles. The molecule has 0 amide bonds. The summed E-state index contributed by atoms with van der Waals surface area (Å²) in [5.74, 6) is 0. The van der Waals surface area contributed by atoms with E-state index in [4.69, 9.17) is 0 Å². The molecule has 0 aromatic heterocycles. The van der Waals surface area contributed by atoms with Gasteiger partial charge in [0.2, 0.25) is 0 Å². The van der Waals surface area contributed by atoms with E-state index in [1.807, 2.05) is 30.3 Å². The molecule has 0 saturated heterocycles. The SMILES string of the molecule is O.O=[PH+]c1ccccc1. The van der Waals surface area contributed by atoms with E-state index in [1.54, 1.807) is 0 Å². The largest absolute Gasteiger partial charge is 0.412 e. The molecule has 48 valence electrons. The van der Waals surface area contributed by atoms with Crippen LogP contribution in [0.2, 0.25) is 0 Å². The van der Waals surface area contributed by atoms with E-state index >= 15 is 0 Å². The van der Waals surface area contributed by atoms with Gasteiger partial charge in [0.25, 0.3) is 0 Å². The monoisotopic (exact) mass is 143 g/mol. The Morgan fingerprint density at radius 2 is 1.67 bits per heavy atom. The lowest BCUT2D eigenvalue weighted by Crippen LogP contribution is -1.84. The maximum Gasteiger partial charge on any atom is 0.363 e. The van der Waals surface area contributed by atoms with Crippen molar-refractivity contribution in [3.8, 4) is 0 Å². The van der Waals surface area contributed by atoms with Crippen molar-refractivity contribution in [3.05, 3.63) is 30.3 Å². The van der Waals surface area contributed by atoms with Crippen LogP contribution in [0.25, 0.3) is 0 Å². The zero-order valence-corrected chi connectivity index (χ0v) is 5.79. The van der Waals surface area contributed by atoms with Crippen molar-refractivity contribution in [1.29, 1.82) is 0 Å². The molecule has 2 N–H and O–H groups in total. The van der Waals surface area contributed by atoms with Crippen molar-refractivity contribution < 1.29 is 10.0 Å². The van der Waals surface area contributed by atoms with Crippen LogP contribution in [-0.2, 0) is 4.57 Å². The normalized spacial score (nSPS) is 8.44. The van der Waals surface area contributed by atoms with Crippen LogP contribution in [0.1, 0.15) is 0 Å². The van der Waals surface area contributed by atoms with Gasteiger partial charge < -0.3 is 5.48 Å². The summed E-state index contributed by atoms with van der Waals surface area (Å²) < 4.78 is 10.2. The molecule has 3 heteroatoms. The standard InChI is InChI=1S/C6H5OP.H2O/c7-8-6-4-2-1-3-5-6;/h1-5H;1H2/p+1. The summed E-state index contributed by atoms with van der Waals surface area (Å²) in [4.78, 5) is 0. The average molecular weight is 143 g/mol. The molecule has 0 spiro atoms. The summed E-state index contributed by atoms with van der Waals surface area (Å²) in [6.45, 7) is 0. The van der Waals surface area contributed by atoms with E-state index in [0.717, 1.165) is 5.30 Å². The fraction of sp³-hybridized carbons (Fsp3) is 0. The summed E-state index contributed by atoms with van der Waals surface area (Å²) in [7, 11) is -0.320. The molecule has 0 saturated carbocycles. The number of hydrogen-bond acceptors (Lipinski definition) is 1. The zero-order valence-electron chi connectivity index (χ0n) is 4.79. The quantitative estimate of drug-likeness (QED) is 0.528. The fourth-order valence-electron chi connectivity index (χ4n) is 0.506. The molecular formula is C6H8O2P+. The summed E-state index contributed by atoms with van der Waals surface area (Å²) in [5, 5.41) is 0.882. The number of benzene rings is 1. The molecule has 2 nitrogen and oxygen atoms in total. The summed E-state index contributed by atoms with van der Waals surface area (Å²) >= 11 is 0. The fourth-order valence-corrected chi connectivity index (χ4v) is 0.835. The molecule has 1 aromatic rings.